The van der Waals surface area contributed by atoms with Crippen molar-refractivity contribution in [2.45, 2.75) is 65.0 Å². The van der Waals surface area contributed by atoms with Crippen molar-refractivity contribution >= 4 is 16.7 Å². The fourth-order valence-corrected chi connectivity index (χ4v) is 4.00. The maximum Gasteiger partial charge on any atom is 0.275 e. The Kier molecular flexibility index (Phi) is 7.20. The lowest BCUT2D eigenvalue weighted by atomic mass is 10.0. The number of carbonyl (C=O) groups excluding carboxylic acids is 1. The Morgan fingerprint density at radius 2 is 1.86 bits per heavy atom. The Hall–Kier alpha value is -2.21. The predicted molar refractivity (Wildman–Crippen MR) is 113 cm³/mol. The summed E-state index contributed by atoms with van der Waals surface area (Å²) >= 11 is 0. The first-order valence-electron chi connectivity index (χ1n) is 10.7. The summed E-state index contributed by atoms with van der Waals surface area (Å²) in [6, 6.07) is 7.61. The number of unbranched alkanes of at least 4 members (excludes halogenated alkanes) is 2. The van der Waals surface area contributed by atoms with E-state index in [1.54, 1.807) is 6.07 Å². The van der Waals surface area contributed by atoms with E-state index in [2.05, 4.69) is 24.3 Å². The molecule has 1 amide bonds. The minimum Gasteiger partial charge on any atom is -0.334 e. The topological polar surface area (TPSA) is 67.2 Å². The summed E-state index contributed by atoms with van der Waals surface area (Å²) in [7, 11) is 0. The van der Waals surface area contributed by atoms with Gasteiger partial charge in [-0.05, 0) is 44.8 Å². The third-order valence-electron chi connectivity index (χ3n) is 5.52. The maximum atomic E-state index is 13.6. The number of nitrogens with one attached hydrogen (secondary N) is 1. The van der Waals surface area contributed by atoms with Crippen molar-refractivity contribution in [2.75, 3.05) is 19.6 Å². The van der Waals surface area contributed by atoms with Crippen LogP contribution >= 0.6 is 0 Å². The van der Waals surface area contributed by atoms with Crippen LogP contribution in [0.3, 0.4) is 0 Å². The number of aromatic nitrogens is 2. The number of piperidine rings is 1. The van der Waals surface area contributed by atoms with Gasteiger partial charge in [0.1, 0.15) is 0 Å². The summed E-state index contributed by atoms with van der Waals surface area (Å²) in [5, 5.41) is 9.18. The van der Waals surface area contributed by atoms with Crippen LogP contribution in [0.15, 0.2) is 29.1 Å². The van der Waals surface area contributed by atoms with Crippen molar-refractivity contribution in [1.29, 1.82) is 0 Å². The zero-order chi connectivity index (χ0) is 19.9. The van der Waals surface area contributed by atoms with Crippen LogP contribution in [0, 0.1) is 0 Å². The highest BCUT2D eigenvalue weighted by atomic mass is 16.2. The van der Waals surface area contributed by atoms with Crippen LogP contribution < -0.4 is 10.9 Å². The fraction of sp³-hybridized carbons (Fsp3) is 0.591. The van der Waals surface area contributed by atoms with Crippen LogP contribution in [-0.2, 0) is 6.54 Å². The fourth-order valence-electron chi connectivity index (χ4n) is 4.00. The average molecular weight is 385 g/mol. The summed E-state index contributed by atoms with van der Waals surface area (Å²) in [5.41, 5.74) is 0.311. The molecule has 1 saturated heterocycles. The lowest BCUT2D eigenvalue weighted by Gasteiger charge is -2.34. The third kappa shape index (κ3) is 4.43. The van der Waals surface area contributed by atoms with E-state index in [-0.39, 0.29) is 17.5 Å². The Labute approximate surface area is 166 Å². The molecule has 2 heterocycles. The summed E-state index contributed by atoms with van der Waals surface area (Å²) in [6.45, 7) is 7.37. The van der Waals surface area contributed by atoms with Gasteiger partial charge < -0.3 is 10.2 Å². The second-order valence-electron chi connectivity index (χ2n) is 7.61. The lowest BCUT2D eigenvalue weighted by Crippen LogP contribution is -2.47. The van der Waals surface area contributed by atoms with Crippen LogP contribution in [0.4, 0.5) is 0 Å². The van der Waals surface area contributed by atoms with Gasteiger partial charge in [0, 0.05) is 24.5 Å². The molecule has 0 bridgehead atoms. The van der Waals surface area contributed by atoms with E-state index >= 15 is 0 Å². The van der Waals surface area contributed by atoms with Crippen molar-refractivity contribution in [1.82, 2.24) is 20.0 Å². The molecule has 6 nitrogen and oxygen atoms in total. The molecule has 1 N–H and O–H groups in total. The molecule has 1 aliphatic heterocycles. The molecule has 1 aromatic heterocycles. The van der Waals surface area contributed by atoms with Gasteiger partial charge in [0.15, 0.2) is 5.69 Å². The second-order valence-corrected chi connectivity index (χ2v) is 7.61. The molecule has 6 heteroatoms. The number of amides is 1. The van der Waals surface area contributed by atoms with Crippen LogP contribution in [0.25, 0.3) is 10.8 Å². The highest BCUT2D eigenvalue weighted by molar-refractivity contribution is 6.04. The zero-order valence-corrected chi connectivity index (χ0v) is 17.1. The van der Waals surface area contributed by atoms with Crippen LogP contribution in [0.1, 0.15) is 62.9 Å². The van der Waals surface area contributed by atoms with Crippen LogP contribution in [-0.4, -0.2) is 46.3 Å². The SMILES string of the molecule is CCCCCn1nc(C(=O)N(CCC)C2CCNCC2)c2ccccc2c1=O. The molecule has 0 aliphatic carbocycles. The van der Waals surface area contributed by atoms with E-state index in [4.69, 9.17) is 0 Å². The lowest BCUT2D eigenvalue weighted by molar-refractivity contribution is 0.0636. The van der Waals surface area contributed by atoms with E-state index in [0.29, 0.717) is 29.6 Å². The normalized spacial score (nSPS) is 15.1. The molecule has 0 spiro atoms. The highest BCUT2D eigenvalue weighted by Gasteiger charge is 2.28. The van der Waals surface area contributed by atoms with E-state index in [0.717, 1.165) is 51.6 Å². The Bertz CT molecular complexity index is 855. The number of carbonyl (C=O) groups is 1. The number of hydrogen-bond acceptors (Lipinski definition) is 4. The van der Waals surface area contributed by atoms with Gasteiger partial charge in [-0.15, -0.1) is 0 Å². The number of rotatable bonds is 8. The minimum absolute atomic E-state index is 0.0470. The van der Waals surface area contributed by atoms with Gasteiger partial charge in [-0.1, -0.05) is 44.9 Å². The van der Waals surface area contributed by atoms with Gasteiger partial charge in [-0.3, -0.25) is 9.59 Å². The number of aryl methyl sites for hydroxylation is 1. The van der Waals surface area contributed by atoms with Crippen molar-refractivity contribution in [3.05, 3.63) is 40.3 Å². The summed E-state index contributed by atoms with van der Waals surface area (Å²) in [4.78, 5) is 28.4. The quantitative estimate of drug-likeness (QED) is 0.710. The Morgan fingerprint density at radius 1 is 1.14 bits per heavy atom. The van der Waals surface area contributed by atoms with Crippen molar-refractivity contribution in [3.63, 3.8) is 0 Å². The van der Waals surface area contributed by atoms with E-state index in [1.807, 2.05) is 23.1 Å². The van der Waals surface area contributed by atoms with E-state index in [1.165, 1.54) is 4.68 Å². The number of nitrogens with zero attached hydrogens (tertiary/aromatic N) is 3. The van der Waals surface area contributed by atoms with Gasteiger partial charge in [-0.2, -0.15) is 5.10 Å². The molecular weight excluding hydrogens is 352 g/mol. The largest absolute Gasteiger partial charge is 0.334 e. The number of benzene rings is 1. The molecule has 1 aromatic carbocycles. The van der Waals surface area contributed by atoms with Gasteiger partial charge in [-0.25, -0.2) is 4.68 Å². The molecule has 3 rings (SSSR count). The second kappa shape index (κ2) is 9.82. The van der Waals surface area contributed by atoms with Gasteiger partial charge >= 0.3 is 0 Å². The third-order valence-corrected chi connectivity index (χ3v) is 5.52. The van der Waals surface area contributed by atoms with Gasteiger partial charge in [0.05, 0.1) is 5.39 Å². The van der Waals surface area contributed by atoms with Crippen molar-refractivity contribution < 1.29 is 4.79 Å². The molecule has 2 aromatic rings. The van der Waals surface area contributed by atoms with Gasteiger partial charge in [0.25, 0.3) is 11.5 Å². The molecular formula is C22H32N4O2. The van der Waals surface area contributed by atoms with E-state index in [9.17, 15) is 9.59 Å². The zero-order valence-electron chi connectivity index (χ0n) is 17.1. The Balaban J connectivity index is 2.02. The van der Waals surface area contributed by atoms with Crippen molar-refractivity contribution in [2.24, 2.45) is 0 Å². The van der Waals surface area contributed by atoms with Crippen molar-refractivity contribution in [3.8, 4) is 0 Å². The predicted octanol–water partition coefficient (Wildman–Crippen LogP) is 3.19. The molecule has 1 fully saturated rings. The van der Waals surface area contributed by atoms with Crippen LogP contribution in [0.2, 0.25) is 0 Å². The first-order valence-corrected chi connectivity index (χ1v) is 10.7. The van der Waals surface area contributed by atoms with Gasteiger partial charge in [0.2, 0.25) is 0 Å². The molecule has 0 radical (unpaired) electrons. The molecule has 0 saturated carbocycles. The van der Waals surface area contributed by atoms with E-state index < -0.39 is 0 Å². The molecule has 28 heavy (non-hydrogen) atoms. The van der Waals surface area contributed by atoms with Crippen LogP contribution in [0.5, 0.6) is 0 Å². The Morgan fingerprint density at radius 3 is 2.54 bits per heavy atom. The smallest absolute Gasteiger partial charge is 0.275 e. The summed E-state index contributed by atoms with van der Waals surface area (Å²) in [6.07, 6.45) is 5.83. The summed E-state index contributed by atoms with van der Waals surface area (Å²) in [5.74, 6) is -0.0470. The minimum atomic E-state index is -0.104. The molecule has 0 atom stereocenters. The average Bonchev–Trinajstić information content (AvgIpc) is 2.74. The summed E-state index contributed by atoms with van der Waals surface area (Å²) < 4.78 is 1.50. The first kappa shape index (κ1) is 20.5. The monoisotopic (exact) mass is 384 g/mol. The standard InChI is InChI=1S/C22H32N4O2/c1-3-5-8-16-26-21(27)19-10-7-6-9-18(19)20(24-26)22(28)25(15-4-2)17-11-13-23-14-12-17/h6-7,9-10,17,23H,3-5,8,11-16H2,1-2H3. The number of hydrogen-bond donors (Lipinski definition) is 1. The number of fused-ring (bicyclic) bond motifs is 1. The highest BCUT2D eigenvalue weighted by Crippen LogP contribution is 2.20. The molecule has 152 valence electrons. The first-order chi connectivity index (χ1) is 13.7. The molecule has 0 unspecified atom stereocenters. The maximum absolute atomic E-state index is 13.6. The molecule has 1 aliphatic rings.